The third kappa shape index (κ3) is 2.84. The van der Waals surface area contributed by atoms with Crippen LogP contribution in [0, 0.1) is 11.3 Å². The summed E-state index contributed by atoms with van der Waals surface area (Å²) in [6, 6.07) is 11.7. The molecule has 3 aromatic rings. The average Bonchev–Trinajstić information content (AvgIpc) is 3.09. The molecule has 0 unspecified atom stereocenters. The van der Waals surface area contributed by atoms with Gasteiger partial charge < -0.3 is 9.72 Å². The van der Waals surface area contributed by atoms with Crippen LogP contribution in [0.2, 0.25) is 0 Å². The molecule has 2 heterocycles. The van der Waals surface area contributed by atoms with Crippen LogP contribution in [0.4, 0.5) is 0 Å². The largest absolute Gasteiger partial charge is 0.497 e. The van der Waals surface area contributed by atoms with Crippen molar-refractivity contribution in [2.24, 2.45) is 0 Å². The smallest absolute Gasteiger partial charge is 0.149 e. The second-order valence-corrected chi connectivity index (χ2v) is 6.77. The summed E-state index contributed by atoms with van der Waals surface area (Å²) in [5, 5.41) is 9.36. The van der Waals surface area contributed by atoms with Gasteiger partial charge in [-0.1, -0.05) is 0 Å². The zero-order valence-electron chi connectivity index (χ0n) is 11.1. The lowest BCUT2D eigenvalue weighted by Gasteiger charge is -1.96. The number of methoxy groups -OCH3 is 1. The quantitative estimate of drug-likeness (QED) is 0.702. The van der Waals surface area contributed by atoms with Crippen LogP contribution < -0.4 is 4.74 Å². The molecular weight excluding hydrogens is 350 g/mol. The minimum Gasteiger partial charge on any atom is -0.497 e. The van der Waals surface area contributed by atoms with Gasteiger partial charge in [0.15, 0.2) is 0 Å². The van der Waals surface area contributed by atoms with Gasteiger partial charge in [-0.2, -0.15) is 5.26 Å². The molecule has 0 saturated heterocycles. The SMILES string of the molecule is COc1ccc2nc(C(C#N)=Cc3ccc(Br)s3)[nH]c2c1. The molecule has 21 heavy (non-hydrogen) atoms. The zero-order chi connectivity index (χ0) is 14.8. The van der Waals surface area contributed by atoms with Crippen molar-refractivity contribution in [3.8, 4) is 11.8 Å². The molecule has 0 atom stereocenters. The second-order valence-electron chi connectivity index (χ2n) is 4.28. The van der Waals surface area contributed by atoms with Gasteiger partial charge >= 0.3 is 0 Å². The topological polar surface area (TPSA) is 61.7 Å². The van der Waals surface area contributed by atoms with Crippen LogP contribution in [0.5, 0.6) is 5.75 Å². The number of ether oxygens (including phenoxy) is 1. The molecule has 0 spiro atoms. The third-order valence-corrected chi connectivity index (χ3v) is 4.52. The molecule has 0 aliphatic rings. The Morgan fingerprint density at radius 2 is 2.29 bits per heavy atom. The predicted molar refractivity (Wildman–Crippen MR) is 88.1 cm³/mol. The van der Waals surface area contributed by atoms with Crippen LogP contribution >= 0.6 is 27.3 Å². The number of fused-ring (bicyclic) bond motifs is 1. The van der Waals surface area contributed by atoms with E-state index in [4.69, 9.17) is 4.74 Å². The summed E-state index contributed by atoms with van der Waals surface area (Å²) in [4.78, 5) is 8.61. The number of H-pyrrole nitrogens is 1. The highest BCUT2D eigenvalue weighted by Gasteiger charge is 2.09. The van der Waals surface area contributed by atoms with Crippen molar-refractivity contribution < 1.29 is 4.74 Å². The second kappa shape index (κ2) is 5.72. The number of aromatic nitrogens is 2. The minimum atomic E-state index is 0.500. The van der Waals surface area contributed by atoms with Crippen LogP contribution in [0.3, 0.4) is 0 Å². The lowest BCUT2D eigenvalue weighted by atomic mass is 10.2. The van der Waals surface area contributed by atoms with Gasteiger partial charge in [0.05, 0.1) is 27.5 Å². The van der Waals surface area contributed by atoms with E-state index < -0.39 is 0 Å². The van der Waals surface area contributed by atoms with E-state index >= 15 is 0 Å². The Balaban J connectivity index is 2.05. The Kier molecular flexibility index (Phi) is 3.78. The van der Waals surface area contributed by atoms with Crippen LogP contribution in [-0.4, -0.2) is 17.1 Å². The molecule has 2 aromatic heterocycles. The molecule has 0 radical (unpaired) electrons. The van der Waals surface area contributed by atoms with E-state index in [2.05, 4.69) is 32.0 Å². The van der Waals surface area contributed by atoms with Gasteiger partial charge in [-0.05, 0) is 46.3 Å². The van der Waals surface area contributed by atoms with Crippen molar-refractivity contribution >= 4 is 49.9 Å². The Bertz CT molecular complexity index is 873. The number of nitrogens with one attached hydrogen (secondary N) is 1. The summed E-state index contributed by atoms with van der Waals surface area (Å²) >= 11 is 4.98. The van der Waals surface area contributed by atoms with E-state index in [-0.39, 0.29) is 0 Å². The number of halogens is 1. The summed E-state index contributed by atoms with van der Waals surface area (Å²) < 4.78 is 6.21. The lowest BCUT2D eigenvalue weighted by molar-refractivity contribution is 0.415. The first kappa shape index (κ1) is 13.9. The van der Waals surface area contributed by atoms with Crippen LogP contribution in [-0.2, 0) is 0 Å². The van der Waals surface area contributed by atoms with E-state index in [1.54, 1.807) is 18.4 Å². The van der Waals surface area contributed by atoms with Gasteiger partial charge in [0.1, 0.15) is 17.6 Å². The fourth-order valence-electron chi connectivity index (χ4n) is 1.94. The zero-order valence-corrected chi connectivity index (χ0v) is 13.5. The van der Waals surface area contributed by atoms with Crippen molar-refractivity contribution in [2.75, 3.05) is 7.11 Å². The Morgan fingerprint density at radius 3 is 2.95 bits per heavy atom. The molecule has 104 valence electrons. The number of benzene rings is 1. The highest BCUT2D eigenvalue weighted by molar-refractivity contribution is 9.11. The molecule has 1 N–H and O–H groups in total. The fraction of sp³-hybridized carbons (Fsp3) is 0.0667. The van der Waals surface area contributed by atoms with Crippen molar-refractivity contribution in [3.63, 3.8) is 0 Å². The van der Waals surface area contributed by atoms with E-state index in [1.165, 1.54) is 0 Å². The summed E-state index contributed by atoms with van der Waals surface area (Å²) in [5.41, 5.74) is 2.15. The standard InChI is InChI=1S/C15H10BrN3OS/c1-20-10-2-4-12-13(7-10)19-15(18-12)9(8-17)6-11-3-5-14(16)21-11/h2-7H,1H3,(H,18,19). The van der Waals surface area contributed by atoms with Crippen LogP contribution in [0.1, 0.15) is 10.7 Å². The molecule has 0 bridgehead atoms. The van der Waals surface area contributed by atoms with E-state index in [0.717, 1.165) is 25.4 Å². The van der Waals surface area contributed by atoms with Crippen molar-refractivity contribution in [3.05, 3.63) is 44.8 Å². The van der Waals surface area contributed by atoms with Gasteiger partial charge in [-0.3, -0.25) is 0 Å². The predicted octanol–water partition coefficient (Wildman–Crippen LogP) is 4.46. The monoisotopic (exact) mass is 359 g/mol. The molecular formula is C15H10BrN3OS. The van der Waals surface area contributed by atoms with Gasteiger partial charge in [0.2, 0.25) is 0 Å². The van der Waals surface area contributed by atoms with Crippen molar-refractivity contribution in [1.29, 1.82) is 5.26 Å². The number of hydrogen-bond donors (Lipinski definition) is 1. The summed E-state index contributed by atoms with van der Waals surface area (Å²) in [5.74, 6) is 1.31. The normalized spacial score (nSPS) is 11.6. The van der Waals surface area contributed by atoms with E-state index in [1.807, 2.05) is 36.4 Å². The molecule has 1 aromatic carbocycles. The van der Waals surface area contributed by atoms with Gasteiger partial charge in [-0.25, -0.2) is 4.98 Å². The number of rotatable bonds is 3. The fourth-order valence-corrected chi connectivity index (χ4v) is 3.31. The molecule has 0 aliphatic heterocycles. The number of nitriles is 1. The Morgan fingerprint density at radius 1 is 1.43 bits per heavy atom. The number of imidazole rings is 1. The number of thiophene rings is 1. The molecule has 0 aliphatic carbocycles. The first-order valence-corrected chi connectivity index (χ1v) is 7.72. The number of aromatic amines is 1. The Labute approximate surface area is 133 Å². The lowest BCUT2D eigenvalue weighted by Crippen LogP contribution is -1.83. The summed E-state index contributed by atoms with van der Waals surface area (Å²) in [7, 11) is 1.62. The van der Waals surface area contributed by atoms with Gasteiger partial charge in [-0.15, -0.1) is 11.3 Å². The first-order chi connectivity index (χ1) is 10.2. The van der Waals surface area contributed by atoms with Gasteiger partial charge in [0.25, 0.3) is 0 Å². The average molecular weight is 360 g/mol. The van der Waals surface area contributed by atoms with Crippen LogP contribution in [0.15, 0.2) is 34.1 Å². The van der Waals surface area contributed by atoms with Crippen LogP contribution in [0.25, 0.3) is 22.7 Å². The van der Waals surface area contributed by atoms with Gasteiger partial charge in [0, 0.05) is 10.9 Å². The van der Waals surface area contributed by atoms with Crippen molar-refractivity contribution in [1.82, 2.24) is 9.97 Å². The van der Waals surface area contributed by atoms with E-state index in [0.29, 0.717) is 11.4 Å². The summed E-state index contributed by atoms with van der Waals surface area (Å²) in [6.45, 7) is 0. The summed E-state index contributed by atoms with van der Waals surface area (Å²) in [6.07, 6.45) is 1.82. The minimum absolute atomic E-state index is 0.500. The number of hydrogen-bond acceptors (Lipinski definition) is 4. The molecule has 4 nitrogen and oxygen atoms in total. The number of allylic oxidation sites excluding steroid dienone is 1. The van der Waals surface area contributed by atoms with Crippen molar-refractivity contribution in [2.45, 2.75) is 0 Å². The highest BCUT2D eigenvalue weighted by atomic mass is 79.9. The molecule has 0 fully saturated rings. The number of nitrogens with zero attached hydrogens (tertiary/aromatic N) is 2. The third-order valence-electron chi connectivity index (χ3n) is 2.95. The highest BCUT2D eigenvalue weighted by Crippen LogP contribution is 2.27. The maximum Gasteiger partial charge on any atom is 0.149 e. The van der Waals surface area contributed by atoms with E-state index in [9.17, 15) is 5.26 Å². The molecule has 0 saturated carbocycles. The first-order valence-electron chi connectivity index (χ1n) is 6.11. The maximum atomic E-state index is 9.36. The molecule has 3 rings (SSSR count). The molecule has 6 heteroatoms. The molecule has 0 amide bonds. The maximum absolute atomic E-state index is 9.36. The Hall–Kier alpha value is -2.10.